The van der Waals surface area contributed by atoms with E-state index in [1.165, 1.54) is 5.32 Å². The molecular weight excluding hydrogens is 373 g/mol. The van der Waals surface area contributed by atoms with Crippen molar-refractivity contribution in [2.75, 3.05) is 5.32 Å². The van der Waals surface area contributed by atoms with Gasteiger partial charge in [-0.15, -0.1) is 0 Å². The summed E-state index contributed by atoms with van der Waals surface area (Å²) in [4.78, 5) is 16.7. The summed E-state index contributed by atoms with van der Waals surface area (Å²) in [5.74, 6) is -11.4. The molecule has 1 atom stereocenters. The van der Waals surface area contributed by atoms with Crippen LogP contribution in [0.5, 0.6) is 0 Å². The van der Waals surface area contributed by atoms with Gasteiger partial charge in [-0.3, -0.25) is 4.79 Å². The van der Waals surface area contributed by atoms with Crippen LogP contribution in [-0.2, 0) is 15.8 Å². The second kappa shape index (κ2) is 7.92. The van der Waals surface area contributed by atoms with E-state index in [1.807, 2.05) is 0 Å². The molecule has 146 valence electrons. The van der Waals surface area contributed by atoms with E-state index >= 15 is 0 Å². The number of anilines is 1. The van der Waals surface area contributed by atoms with Gasteiger partial charge < -0.3 is 10.2 Å². The predicted octanol–water partition coefficient (Wildman–Crippen LogP) is 4.64. The quantitative estimate of drug-likeness (QED) is 0.346. The third-order valence-corrected chi connectivity index (χ3v) is 3.41. The van der Waals surface area contributed by atoms with Crippen LogP contribution in [0.15, 0.2) is 5.16 Å². The molecule has 1 amide bonds. The van der Waals surface area contributed by atoms with Crippen molar-refractivity contribution in [3.05, 3.63) is 28.8 Å². The summed E-state index contributed by atoms with van der Waals surface area (Å²) in [5.41, 5.74) is -4.91. The molecule has 1 N–H and O–H groups in total. The number of alkyl halides is 3. The van der Waals surface area contributed by atoms with Gasteiger partial charge in [0.25, 0.3) is 5.91 Å². The van der Waals surface area contributed by atoms with Crippen molar-refractivity contribution in [1.82, 2.24) is 0 Å². The lowest BCUT2D eigenvalue weighted by Crippen LogP contribution is -2.25. The van der Waals surface area contributed by atoms with Crippen molar-refractivity contribution < 1.29 is 40.4 Å². The number of amides is 1. The first-order chi connectivity index (χ1) is 11.8. The fourth-order valence-corrected chi connectivity index (χ4v) is 1.52. The zero-order valence-corrected chi connectivity index (χ0v) is 14.1. The van der Waals surface area contributed by atoms with Gasteiger partial charge >= 0.3 is 6.18 Å². The van der Waals surface area contributed by atoms with Crippen molar-refractivity contribution in [1.29, 1.82) is 0 Å². The number of halogens is 7. The minimum atomic E-state index is -5.67. The predicted molar refractivity (Wildman–Crippen MR) is 78.4 cm³/mol. The molecule has 0 aliphatic rings. The fourth-order valence-electron chi connectivity index (χ4n) is 1.52. The molecule has 0 aliphatic carbocycles. The first-order valence-electron chi connectivity index (χ1n) is 7.23. The maximum absolute atomic E-state index is 13.7. The van der Waals surface area contributed by atoms with Crippen LogP contribution < -0.4 is 5.32 Å². The van der Waals surface area contributed by atoms with E-state index in [9.17, 15) is 35.5 Å². The Labute approximate surface area is 144 Å². The van der Waals surface area contributed by atoms with Gasteiger partial charge in [-0.25, -0.2) is 17.6 Å². The Kier molecular flexibility index (Phi) is 6.61. The molecule has 0 saturated carbocycles. The molecule has 0 bridgehead atoms. The molecule has 0 aliphatic heterocycles. The third-order valence-electron chi connectivity index (χ3n) is 3.41. The van der Waals surface area contributed by atoms with Gasteiger partial charge in [0.2, 0.25) is 0 Å². The number of oxime groups is 1. The van der Waals surface area contributed by atoms with E-state index in [-0.39, 0.29) is 5.92 Å². The summed E-state index contributed by atoms with van der Waals surface area (Å²) in [6.07, 6.45) is -6.09. The van der Waals surface area contributed by atoms with Gasteiger partial charge in [0.15, 0.2) is 23.3 Å². The van der Waals surface area contributed by atoms with E-state index in [4.69, 9.17) is 4.84 Å². The van der Waals surface area contributed by atoms with E-state index in [0.29, 0.717) is 0 Å². The van der Waals surface area contributed by atoms with Gasteiger partial charge in [0.05, 0.1) is 0 Å². The Morgan fingerprint density at radius 1 is 1.00 bits per heavy atom. The number of benzene rings is 1. The minimum Gasteiger partial charge on any atom is -0.392 e. The van der Waals surface area contributed by atoms with Crippen LogP contribution in [0.25, 0.3) is 0 Å². The molecule has 0 saturated heterocycles. The average Bonchev–Trinajstić information content (AvgIpc) is 2.52. The van der Waals surface area contributed by atoms with Crippen molar-refractivity contribution in [3.63, 3.8) is 0 Å². The van der Waals surface area contributed by atoms with Crippen molar-refractivity contribution in [2.24, 2.45) is 11.1 Å². The lowest BCUT2D eigenvalue weighted by molar-refractivity contribution is -0.143. The van der Waals surface area contributed by atoms with Crippen LogP contribution in [0.2, 0.25) is 0 Å². The molecule has 1 rings (SSSR count). The van der Waals surface area contributed by atoms with Crippen molar-refractivity contribution in [3.8, 4) is 0 Å². The lowest BCUT2D eigenvalue weighted by Gasteiger charge is -2.15. The number of hydrogen-bond donors (Lipinski definition) is 1. The van der Waals surface area contributed by atoms with Crippen molar-refractivity contribution in [2.45, 2.75) is 40.0 Å². The van der Waals surface area contributed by atoms with Crippen molar-refractivity contribution >= 4 is 17.3 Å². The molecule has 4 nitrogen and oxygen atoms in total. The number of rotatable bonds is 5. The topological polar surface area (TPSA) is 50.7 Å². The second-order valence-corrected chi connectivity index (χ2v) is 5.69. The number of hydrogen-bond acceptors (Lipinski definition) is 3. The molecule has 0 aromatic heterocycles. The highest BCUT2D eigenvalue weighted by Crippen LogP contribution is 2.38. The normalized spacial score (nSPS) is 13.8. The van der Waals surface area contributed by atoms with E-state index in [1.54, 1.807) is 20.8 Å². The maximum Gasteiger partial charge on any atom is 0.422 e. The molecule has 1 aromatic rings. The van der Waals surface area contributed by atoms with Crippen LogP contribution in [0, 0.1) is 29.2 Å². The smallest absolute Gasteiger partial charge is 0.392 e. The fraction of sp³-hybridized carbons (Fsp3) is 0.467. The van der Waals surface area contributed by atoms with Gasteiger partial charge in [0, 0.05) is 0 Å². The zero-order valence-electron chi connectivity index (χ0n) is 14.1. The average molecular weight is 388 g/mol. The number of carbonyl (C=O) groups excluding carboxylic acids is 1. The largest absolute Gasteiger partial charge is 0.422 e. The summed E-state index contributed by atoms with van der Waals surface area (Å²) >= 11 is 0. The van der Waals surface area contributed by atoms with Crippen LogP contribution in [0.1, 0.15) is 33.3 Å². The molecule has 0 radical (unpaired) electrons. The Morgan fingerprint density at radius 3 is 1.85 bits per heavy atom. The summed E-state index contributed by atoms with van der Waals surface area (Å²) in [6.45, 7) is 6.26. The minimum absolute atomic E-state index is 0.0163. The molecular formula is C15H15F7N2O2. The summed E-state index contributed by atoms with van der Waals surface area (Å²) < 4.78 is 91.9. The Morgan fingerprint density at radius 2 is 1.46 bits per heavy atom. The lowest BCUT2D eigenvalue weighted by atomic mass is 10.1. The summed E-state index contributed by atoms with van der Waals surface area (Å²) in [7, 11) is 0. The van der Waals surface area contributed by atoms with Crippen LogP contribution in [-0.4, -0.2) is 17.7 Å². The van der Waals surface area contributed by atoms with Gasteiger partial charge in [-0.05, 0) is 19.8 Å². The molecule has 0 spiro atoms. The Hall–Kier alpha value is -2.33. The van der Waals surface area contributed by atoms with E-state index in [2.05, 4.69) is 5.16 Å². The number of nitrogens with zero attached hydrogens (tertiary/aromatic N) is 1. The molecule has 1 aromatic carbocycles. The Balaban J connectivity index is 3.19. The highest BCUT2D eigenvalue weighted by Gasteiger charge is 2.42. The zero-order chi connectivity index (χ0) is 20.4. The SMILES string of the molecule is C/C(=N\OC(C)C(C)C)C(=O)Nc1c(F)c(F)c(C(F)(F)F)c(F)c1F. The number of carbonyl (C=O) groups is 1. The Bertz CT molecular complexity index is 701. The van der Waals surface area contributed by atoms with Crippen LogP contribution >= 0.6 is 0 Å². The molecule has 0 fully saturated rings. The highest BCUT2D eigenvalue weighted by molar-refractivity contribution is 6.42. The second-order valence-electron chi connectivity index (χ2n) is 5.69. The third kappa shape index (κ3) is 4.64. The number of nitrogens with one attached hydrogen (secondary N) is 1. The van der Waals surface area contributed by atoms with Gasteiger partial charge in [0.1, 0.15) is 23.1 Å². The van der Waals surface area contributed by atoms with Crippen LogP contribution in [0.3, 0.4) is 0 Å². The summed E-state index contributed by atoms with van der Waals surface area (Å²) in [5, 5.41) is 4.84. The molecule has 26 heavy (non-hydrogen) atoms. The first-order valence-corrected chi connectivity index (χ1v) is 7.23. The monoisotopic (exact) mass is 388 g/mol. The molecule has 1 unspecified atom stereocenters. The highest BCUT2D eigenvalue weighted by atomic mass is 19.4. The summed E-state index contributed by atoms with van der Waals surface area (Å²) in [6, 6.07) is 0. The maximum atomic E-state index is 13.7. The molecule has 0 heterocycles. The van der Waals surface area contributed by atoms with Gasteiger partial charge in [-0.2, -0.15) is 13.2 Å². The molecule has 11 heteroatoms. The van der Waals surface area contributed by atoms with Crippen LogP contribution in [0.4, 0.5) is 36.4 Å². The van der Waals surface area contributed by atoms with Gasteiger partial charge in [-0.1, -0.05) is 19.0 Å². The van der Waals surface area contributed by atoms with E-state index in [0.717, 1.165) is 6.92 Å². The first kappa shape index (κ1) is 21.7. The van der Waals surface area contributed by atoms with E-state index < -0.39 is 58.4 Å². The standard InChI is InChI=1S/C15H15F7N2O2/c1-5(2)7(4)26-24-6(3)14(25)23-13-11(18)9(16)8(15(20,21)22)10(17)12(13)19/h5,7H,1-4H3,(H,23,25)/b24-6+.